The molecule has 0 bridgehead atoms. The summed E-state index contributed by atoms with van der Waals surface area (Å²) in [6.07, 6.45) is 0. The van der Waals surface area contributed by atoms with Crippen molar-refractivity contribution in [3.8, 4) is 5.75 Å². The third kappa shape index (κ3) is 4.55. The van der Waals surface area contributed by atoms with E-state index in [-0.39, 0.29) is 15.3 Å². The maximum atomic E-state index is 10.6. The molecule has 0 amide bonds. The molecule has 116 valence electrons. The quantitative estimate of drug-likeness (QED) is 0.361. The van der Waals surface area contributed by atoms with Gasteiger partial charge in [0.05, 0.1) is 14.6 Å². The number of non-ortho nitro benzene ring substituents is 1. The van der Waals surface area contributed by atoms with Crippen LogP contribution in [0.25, 0.3) is 0 Å². The number of ether oxygens (including phenoxy) is 1. The minimum absolute atomic E-state index is 0.0563. The van der Waals surface area contributed by atoms with Gasteiger partial charge in [-0.2, -0.15) is 0 Å². The Labute approximate surface area is 145 Å². The van der Waals surface area contributed by atoms with Gasteiger partial charge in [-0.05, 0) is 24.6 Å². The van der Waals surface area contributed by atoms with Crippen molar-refractivity contribution in [2.75, 3.05) is 6.61 Å². The number of hydrogen-bond donors (Lipinski definition) is 0. The molecule has 0 aromatic heterocycles. The molecule has 0 fully saturated rings. The highest BCUT2D eigenvalue weighted by Crippen LogP contribution is 2.32. The maximum absolute atomic E-state index is 10.6. The first-order valence-corrected chi connectivity index (χ1v) is 8.52. The summed E-state index contributed by atoms with van der Waals surface area (Å²) >= 11 is 7.28. The van der Waals surface area contributed by atoms with Crippen LogP contribution >= 0.6 is 31.9 Å². The number of nitrogens with zero attached hydrogens (tertiary/aromatic N) is 1. The number of hydrogen-bond acceptors (Lipinski definition) is 3. The second-order valence-corrected chi connectivity index (χ2v) is 7.05. The Morgan fingerprint density at radius 3 is 2.23 bits per heavy atom. The number of halogens is 2. The Morgan fingerprint density at radius 1 is 1.09 bits per heavy atom. The van der Waals surface area contributed by atoms with Gasteiger partial charge in [0.15, 0.2) is 0 Å². The molecule has 0 saturated heterocycles. The molecule has 0 unspecified atom stereocenters. The predicted octanol–water partition coefficient (Wildman–Crippen LogP) is 5.18. The first kappa shape index (κ1) is 17.0. The van der Waals surface area contributed by atoms with Crippen molar-refractivity contribution in [3.63, 3.8) is 0 Å². The van der Waals surface area contributed by atoms with E-state index < -0.39 is 4.92 Å². The Kier molecular flexibility index (Phi) is 5.97. The molecule has 0 heterocycles. The number of alkyl halides is 2. The van der Waals surface area contributed by atoms with E-state index in [0.717, 1.165) is 0 Å². The average molecular weight is 429 g/mol. The third-order valence-corrected chi connectivity index (χ3v) is 5.84. The van der Waals surface area contributed by atoms with Gasteiger partial charge in [0.1, 0.15) is 12.4 Å². The molecule has 4 nitrogen and oxygen atoms in total. The van der Waals surface area contributed by atoms with Gasteiger partial charge < -0.3 is 4.74 Å². The molecule has 2 aromatic carbocycles. The van der Waals surface area contributed by atoms with Gasteiger partial charge in [-0.3, -0.25) is 10.1 Å². The van der Waals surface area contributed by atoms with Gasteiger partial charge in [0.25, 0.3) is 5.69 Å². The van der Waals surface area contributed by atoms with E-state index in [1.54, 1.807) is 12.1 Å². The van der Waals surface area contributed by atoms with E-state index in [9.17, 15) is 10.1 Å². The van der Waals surface area contributed by atoms with Crippen molar-refractivity contribution < 1.29 is 9.66 Å². The van der Waals surface area contributed by atoms with Crippen LogP contribution in [0.3, 0.4) is 0 Å². The molecular formula is C16H15Br2NO3. The van der Waals surface area contributed by atoms with E-state index >= 15 is 0 Å². The van der Waals surface area contributed by atoms with Crippen LogP contribution in [0.15, 0.2) is 48.5 Å². The molecule has 0 aliphatic rings. The summed E-state index contributed by atoms with van der Waals surface area (Å²) < 4.78 is 5.67. The highest BCUT2D eigenvalue weighted by molar-refractivity contribution is 9.12. The molecule has 0 radical (unpaired) electrons. The van der Waals surface area contributed by atoms with Crippen LogP contribution in [0.2, 0.25) is 0 Å². The lowest BCUT2D eigenvalue weighted by Gasteiger charge is -2.18. The minimum Gasteiger partial charge on any atom is -0.492 e. The molecule has 0 saturated carbocycles. The van der Waals surface area contributed by atoms with Crippen LogP contribution in [0.1, 0.15) is 16.0 Å². The van der Waals surface area contributed by atoms with Crippen molar-refractivity contribution in [1.82, 2.24) is 0 Å². The fourth-order valence-corrected chi connectivity index (χ4v) is 2.78. The van der Waals surface area contributed by atoms with Gasteiger partial charge in [-0.25, -0.2) is 0 Å². The summed E-state index contributed by atoms with van der Waals surface area (Å²) in [6.45, 7) is 2.50. The second-order valence-electron chi connectivity index (χ2n) is 4.89. The van der Waals surface area contributed by atoms with E-state index in [1.807, 2.05) is 0 Å². The molecule has 0 spiro atoms. The zero-order chi connectivity index (χ0) is 16.1. The summed E-state index contributed by atoms with van der Waals surface area (Å²) in [7, 11) is 0. The van der Waals surface area contributed by atoms with Crippen LogP contribution in [0, 0.1) is 17.0 Å². The Hall–Kier alpha value is -1.40. The summed E-state index contributed by atoms with van der Waals surface area (Å²) in [5.74, 6) is 0.610. The number of rotatable bonds is 6. The number of aryl methyl sites for hydroxylation is 1. The van der Waals surface area contributed by atoms with Crippen LogP contribution in [-0.4, -0.2) is 16.4 Å². The topological polar surface area (TPSA) is 52.4 Å². The SMILES string of the molecule is Cc1ccc([C@H](Br)[C@H](Br)COc2ccc([N+](=O)[O-])cc2)cc1. The van der Waals surface area contributed by atoms with Crippen LogP contribution < -0.4 is 4.74 Å². The number of nitro benzene ring substituents is 1. The fourth-order valence-electron chi connectivity index (χ4n) is 1.88. The summed E-state index contributed by atoms with van der Waals surface area (Å²) in [5, 5.41) is 10.6. The molecular weight excluding hydrogens is 414 g/mol. The molecule has 0 aliphatic carbocycles. The van der Waals surface area contributed by atoms with Crippen molar-refractivity contribution in [1.29, 1.82) is 0 Å². The largest absolute Gasteiger partial charge is 0.492 e. The molecule has 22 heavy (non-hydrogen) atoms. The number of nitro groups is 1. The summed E-state index contributed by atoms with van der Waals surface area (Å²) in [5.41, 5.74) is 2.44. The van der Waals surface area contributed by atoms with Gasteiger partial charge in [-0.1, -0.05) is 61.7 Å². The van der Waals surface area contributed by atoms with Gasteiger partial charge in [-0.15, -0.1) is 0 Å². The minimum atomic E-state index is -0.428. The molecule has 2 atom stereocenters. The molecule has 2 aromatic rings. The monoisotopic (exact) mass is 427 g/mol. The fraction of sp³-hybridized carbons (Fsp3) is 0.250. The first-order valence-electron chi connectivity index (χ1n) is 6.69. The Balaban J connectivity index is 1.92. The Morgan fingerprint density at radius 2 is 1.68 bits per heavy atom. The number of benzene rings is 2. The highest BCUT2D eigenvalue weighted by atomic mass is 79.9. The summed E-state index contributed by atoms with van der Waals surface area (Å²) in [6, 6.07) is 14.4. The van der Waals surface area contributed by atoms with Crippen molar-refractivity contribution >= 4 is 37.5 Å². The van der Waals surface area contributed by atoms with Crippen molar-refractivity contribution in [2.24, 2.45) is 0 Å². The van der Waals surface area contributed by atoms with Gasteiger partial charge in [0.2, 0.25) is 0 Å². The van der Waals surface area contributed by atoms with Crippen molar-refractivity contribution in [2.45, 2.75) is 16.6 Å². The predicted molar refractivity (Wildman–Crippen MR) is 94.2 cm³/mol. The third-order valence-electron chi connectivity index (χ3n) is 3.17. The smallest absolute Gasteiger partial charge is 0.269 e. The molecule has 0 aliphatic heterocycles. The van der Waals surface area contributed by atoms with E-state index in [0.29, 0.717) is 12.4 Å². The van der Waals surface area contributed by atoms with Crippen LogP contribution in [0.5, 0.6) is 5.75 Å². The van der Waals surface area contributed by atoms with Gasteiger partial charge >= 0.3 is 0 Å². The zero-order valence-electron chi connectivity index (χ0n) is 11.9. The average Bonchev–Trinajstić information content (AvgIpc) is 2.53. The second kappa shape index (κ2) is 7.74. The van der Waals surface area contributed by atoms with Gasteiger partial charge in [0, 0.05) is 12.1 Å². The molecule has 6 heteroatoms. The normalized spacial score (nSPS) is 13.4. The van der Waals surface area contributed by atoms with E-state index in [2.05, 4.69) is 63.0 Å². The molecule has 0 N–H and O–H groups in total. The van der Waals surface area contributed by atoms with E-state index in [1.165, 1.54) is 23.3 Å². The molecule has 2 rings (SSSR count). The Bertz CT molecular complexity index is 629. The van der Waals surface area contributed by atoms with Crippen molar-refractivity contribution in [3.05, 3.63) is 69.8 Å². The lowest BCUT2D eigenvalue weighted by Crippen LogP contribution is -2.16. The highest BCUT2D eigenvalue weighted by Gasteiger charge is 2.18. The standard InChI is InChI=1S/C16H15Br2NO3/c1-11-2-4-12(5-3-11)16(18)15(17)10-22-14-8-6-13(7-9-14)19(20)21/h2-9,15-16H,10H2,1H3/t15-,16+/m1/s1. The van der Waals surface area contributed by atoms with Crippen LogP contribution in [0.4, 0.5) is 5.69 Å². The van der Waals surface area contributed by atoms with E-state index in [4.69, 9.17) is 4.74 Å². The summed E-state index contributed by atoms with van der Waals surface area (Å²) in [4.78, 5) is 10.4. The zero-order valence-corrected chi connectivity index (χ0v) is 15.1. The van der Waals surface area contributed by atoms with Crippen LogP contribution in [-0.2, 0) is 0 Å². The maximum Gasteiger partial charge on any atom is 0.269 e. The lowest BCUT2D eigenvalue weighted by molar-refractivity contribution is -0.384. The lowest BCUT2D eigenvalue weighted by atomic mass is 10.1. The first-order chi connectivity index (χ1) is 10.5.